The highest BCUT2D eigenvalue weighted by Gasteiger charge is 2.05. The zero-order chi connectivity index (χ0) is 7.68. The van der Waals surface area contributed by atoms with Crippen molar-refractivity contribution in [3.8, 4) is 6.07 Å². The van der Waals surface area contributed by atoms with Gasteiger partial charge in [0.15, 0.2) is 0 Å². The van der Waals surface area contributed by atoms with Crippen molar-refractivity contribution in [2.24, 2.45) is 10.9 Å². The third-order valence-electron chi connectivity index (χ3n) is 1.75. The number of hydrogen-bond acceptors (Lipinski definition) is 2. The zero-order valence-electron chi connectivity index (χ0n) is 5.91. The Bertz CT molecular complexity index is 407. The summed E-state index contributed by atoms with van der Waals surface area (Å²) < 4.78 is 0. The number of nitrogens with zero attached hydrogens (tertiary/aromatic N) is 2. The maximum Gasteiger partial charge on any atom is 0.132 e. The number of fused-ring (bicyclic) bond motifs is 1. The Hall–Kier alpha value is -1.56. The van der Waals surface area contributed by atoms with E-state index >= 15 is 0 Å². The standard InChI is InChI=1S/C8H7N3/c9-4-6-3-7-1-2-10-8(7)11-5-6/h1-3,6H,5H2,(H,10,11). The molecule has 1 atom stereocenters. The van der Waals surface area contributed by atoms with E-state index in [1.165, 1.54) is 0 Å². The smallest absolute Gasteiger partial charge is 0.132 e. The van der Waals surface area contributed by atoms with Crippen molar-refractivity contribution < 1.29 is 0 Å². The SMILES string of the molecule is N#CC1C=c2cc[nH]c2=NC1. The Morgan fingerprint density at radius 3 is 3.45 bits per heavy atom. The van der Waals surface area contributed by atoms with Gasteiger partial charge in [0.05, 0.1) is 18.5 Å². The third kappa shape index (κ3) is 0.926. The highest BCUT2D eigenvalue weighted by molar-refractivity contribution is 5.32. The van der Waals surface area contributed by atoms with Crippen molar-refractivity contribution in [1.29, 1.82) is 5.26 Å². The van der Waals surface area contributed by atoms with Crippen LogP contribution in [0.5, 0.6) is 0 Å². The van der Waals surface area contributed by atoms with Crippen LogP contribution in [0.15, 0.2) is 17.3 Å². The molecule has 0 saturated carbocycles. The maximum atomic E-state index is 8.60. The van der Waals surface area contributed by atoms with E-state index in [1.54, 1.807) is 0 Å². The van der Waals surface area contributed by atoms with Gasteiger partial charge in [0.2, 0.25) is 0 Å². The molecule has 1 aromatic rings. The molecular formula is C8H7N3. The molecule has 1 N–H and O–H groups in total. The van der Waals surface area contributed by atoms with Gasteiger partial charge in [-0.1, -0.05) is 6.08 Å². The van der Waals surface area contributed by atoms with E-state index in [0.29, 0.717) is 6.54 Å². The quantitative estimate of drug-likeness (QED) is 0.529. The summed E-state index contributed by atoms with van der Waals surface area (Å²) in [6, 6.07) is 4.10. The summed E-state index contributed by atoms with van der Waals surface area (Å²) in [4.78, 5) is 7.19. The first-order valence-electron chi connectivity index (χ1n) is 3.49. The van der Waals surface area contributed by atoms with Crippen LogP contribution in [0.1, 0.15) is 0 Å². The molecule has 0 aliphatic carbocycles. The van der Waals surface area contributed by atoms with Crippen LogP contribution in [0, 0.1) is 17.2 Å². The molecule has 0 spiro atoms. The highest BCUT2D eigenvalue weighted by atomic mass is 14.8. The summed E-state index contributed by atoms with van der Waals surface area (Å²) >= 11 is 0. The number of H-pyrrole nitrogens is 1. The zero-order valence-corrected chi connectivity index (χ0v) is 5.91. The number of hydrogen-bond donors (Lipinski definition) is 1. The van der Waals surface area contributed by atoms with Crippen LogP contribution in [0.4, 0.5) is 0 Å². The van der Waals surface area contributed by atoms with E-state index in [0.717, 1.165) is 10.7 Å². The van der Waals surface area contributed by atoms with E-state index < -0.39 is 0 Å². The van der Waals surface area contributed by atoms with Gasteiger partial charge in [-0.2, -0.15) is 5.26 Å². The lowest BCUT2D eigenvalue weighted by Crippen LogP contribution is -2.29. The third-order valence-corrected chi connectivity index (χ3v) is 1.75. The van der Waals surface area contributed by atoms with Crippen LogP contribution in [0.3, 0.4) is 0 Å². The van der Waals surface area contributed by atoms with E-state index in [1.807, 2.05) is 18.3 Å². The molecular weight excluding hydrogens is 138 g/mol. The molecule has 3 heteroatoms. The summed E-state index contributed by atoms with van der Waals surface area (Å²) in [5, 5.41) is 9.65. The Morgan fingerprint density at radius 2 is 2.64 bits per heavy atom. The predicted molar refractivity (Wildman–Crippen MR) is 40.0 cm³/mol. The van der Waals surface area contributed by atoms with Crippen LogP contribution in [0.25, 0.3) is 6.08 Å². The van der Waals surface area contributed by atoms with Crippen molar-refractivity contribution in [3.05, 3.63) is 23.0 Å². The molecule has 1 unspecified atom stereocenters. The van der Waals surface area contributed by atoms with Crippen LogP contribution in [-0.4, -0.2) is 11.5 Å². The van der Waals surface area contributed by atoms with Crippen molar-refractivity contribution in [2.45, 2.75) is 0 Å². The maximum absolute atomic E-state index is 8.60. The van der Waals surface area contributed by atoms with Crippen LogP contribution >= 0.6 is 0 Å². The summed E-state index contributed by atoms with van der Waals surface area (Å²) in [5.41, 5.74) is 0.900. The molecule has 3 nitrogen and oxygen atoms in total. The number of aromatic amines is 1. The van der Waals surface area contributed by atoms with Gasteiger partial charge >= 0.3 is 0 Å². The Morgan fingerprint density at radius 1 is 1.73 bits per heavy atom. The monoisotopic (exact) mass is 145 g/mol. The molecule has 0 amide bonds. The fourth-order valence-corrected chi connectivity index (χ4v) is 1.18. The first-order valence-corrected chi connectivity index (χ1v) is 3.49. The Labute approximate surface area is 63.7 Å². The lowest BCUT2D eigenvalue weighted by molar-refractivity contribution is 0.817. The molecule has 2 heterocycles. The molecule has 0 saturated heterocycles. The largest absolute Gasteiger partial charge is 0.346 e. The lowest BCUT2D eigenvalue weighted by Gasteiger charge is -2.00. The lowest BCUT2D eigenvalue weighted by atomic mass is 10.1. The second-order valence-corrected chi connectivity index (χ2v) is 2.52. The summed E-state index contributed by atoms with van der Waals surface area (Å²) in [5.74, 6) is -0.0432. The number of nitriles is 1. The molecule has 1 aromatic heterocycles. The van der Waals surface area contributed by atoms with E-state index in [2.05, 4.69) is 16.0 Å². The minimum absolute atomic E-state index is 0.0432. The van der Waals surface area contributed by atoms with Gasteiger partial charge in [-0.05, 0) is 6.07 Å². The van der Waals surface area contributed by atoms with Crippen molar-refractivity contribution in [3.63, 3.8) is 0 Å². The average molecular weight is 145 g/mol. The number of aromatic nitrogens is 1. The molecule has 1 aliphatic heterocycles. The molecule has 2 rings (SSSR count). The van der Waals surface area contributed by atoms with Gasteiger partial charge in [-0.25, -0.2) is 0 Å². The summed E-state index contributed by atoms with van der Waals surface area (Å²) in [7, 11) is 0. The van der Waals surface area contributed by atoms with Crippen molar-refractivity contribution in [2.75, 3.05) is 6.54 Å². The van der Waals surface area contributed by atoms with Crippen LogP contribution < -0.4 is 10.7 Å². The minimum atomic E-state index is -0.0432. The Kier molecular flexibility index (Phi) is 1.26. The average Bonchev–Trinajstić information content (AvgIpc) is 2.50. The molecule has 54 valence electrons. The van der Waals surface area contributed by atoms with Crippen LogP contribution in [0.2, 0.25) is 0 Å². The highest BCUT2D eigenvalue weighted by Crippen LogP contribution is 1.97. The predicted octanol–water partition coefficient (Wildman–Crippen LogP) is -0.432. The number of nitrogens with one attached hydrogen (secondary N) is 1. The van der Waals surface area contributed by atoms with Gasteiger partial charge in [0, 0.05) is 11.4 Å². The summed E-state index contributed by atoms with van der Waals surface area (Å²) in [6.45, 7) is 0.587. The summed E-state index contributed by atoms with van der Waals surface area (Å²) in [6.07, 6.45) is 3.78. The van der Waals surface area contributed by atoms with E-state index in [-0.39, 0.29) is 5.92 Å². The number of rotatable bonds is 0. The van der Waals surface area contributed by atoms with E-state index in [9.17, 15) is 0 Å². The molecule has 1 aliphatic rings. The second-order valence-electron chi connectivity index (χ2n) is 2.52. The van der Waals surface area contributed by atoms with Gasteiger partial charge < -0.3 is 4.98 Å². The van der Waals surface area contributed by atoms with Crippen molar-refractivity contribution >= 4 is 6.08 Å². The van der Waals surface area contributed by atoms with Gasteiger partial charge in [-0.15, -0.1) is 0 Å². The molecule has 0 radical (unpaired) electrons. The normalized spacial score (nSPS) is 20.8. The Balaban J connectivity index is 2.64. The molecule has 0 aromatic carbocycles. The first kappa shape index (κ1) is 6.17. The molecule has 0 bridgehead atoms. The first-order chi connectivity index (χ1) is 5.40. The topological polar surface area (TPSA) is 51.9 Å². The van der Waals surface area contributed by atoms with Crippen molar-refractivity contribution in [1.82, 2.24) is 4.98 Å². The van der Waals surface area contributed by atoms with Gasteiger partial charge in [0.1, 0.15) is 5.49 Å². The minimum Gasteiger partial charge on any atom is -0.346 e. The molecule has 11 heavy (non-hydrogen) atoms. The van der Waals surface area contributed by atoms with Crippen LogP contribution in [-0.2, 0) is 0 Å². The van der Waals surface area contributed by atoms with Gasteiger partial charge in [0.25, 0.3) is 0 Å². The second kappa shape index (κ2) is 2.24. The molecule has 0 fully saturated rings. The fourth-order valence-electron chi connectivity index (χ4n) is 1.18. The van der Waals surface area contributed by atoms with E-state index in [4.69, 9.17) is 5.26 Å². The fraction of sp³-hybridized carbons (Fsp3) is 0.250. The van der Waals surface area contributed by atoms with Gasteiger partial charge in [-0.3, -0.25) is 4.99 Å².